The van der Waals surface area contributed by atoms with Crippen LogP contribution < -0.4 is 5.73 Å². The molecule has 0 aliphatic heterocycles. The summed E-state index contributed by atoms with van der Waals surface area (Å²) in [5.41, 5.74) is 6.14. The molecular formula is C14H25Cl3N2. The summed E-state index contributed by atoms with van der Waals surface area (Å²) in [5, 5.41) is 0. The molecule has 0 radical (unpaired) electrons. The number of rotatable bonds is 6. The van der Waals surface area contributed by atoms with E-state index in [2.05, 4.69) is 16.7 Å². The first kappa shape index (κ1) is 19.4. The van der Waals surface area contributed by atoms with Crippen LogP contribution in [-0.4, -0.2) is 42.3 Å². The van der Waals surface area contributed by atoms with Gasteiger partial charge in [0.1, 0.15) is 0 Å². The molecule has 1 aliphatic rings. The van der Waals surface area contributed by atoms with Crippen molar-refractivity contribution in [2.24, 2.45) is 11.7 Å². The van der Waals surface area contributed by atoms with Crippen molar-refractivity contribution < 1.29 is 0 Å². The Balaban J connectivity index is 0.00000324. The lowest BCUT2D eigenvalue weighted by Gasteiger charge is -2.24. The van der Waals surface area contributed by atoms with E-state index in [1.165, 1.54) is 32.1 Å². The molecule has 0 aromatic heterocycles. The van der Waals surface area contributed by atoms with Gasteiger partial charge >= 0.3 is 0 Å². The van der Waals surface area contributed by atoms with Gasteiger partial charge in [0.15, 0.2) is 0 Å². The zero-order chi connectivity index (χ0) is 13.2. The molecule has 1 saturated carbocycles. The normalized spacial score (nSPS) is 17.5. The molecule has 1 unspecified atom stereocenters. The van der Waals surface area contributed by atoms with Crippen LogP contribution in [0.4, 0.5) is 0 Å². The Labute approximate surface area is 133 Å². The summed E-state index contributed by atoms with van der Waals surface area (Å²) in [6.45, 7) is 2.39. The van der Waals surface area contributed by atoms with E-state index in [0.717, 1.165) is 19.6 Å². The third-order valence-electron chi connectivity index (χ3n) is 3.53. The van der Waals surface area contributed by atoms with E-state index in [1.54, 1.807) is 0 Å². The van der Waals surface area contributed by atoms with Gasteiger partial charge in [-0.15, -0.1) is 35.6 Å². The predicted molar refractivity (Wildman–Crippen MR) is 87.5 cm³/mol. The first-order valence-corrected chi connectivity index (χ1v) is 7.93. The third kappa shape index (κ3) is 8.27. The molecule has 1 rings (SSSR count). The minimum absolute atomic E-state index is 0. The fourth-order valence-electron chi connectivity index (χ4n) is 2.40. The summed E-state index contributed by atoms with van der Waals surface area (Å²) in [6, 6.07) is 0.0409. The molecule has 0 spiro atoms. The van der Waals surface area contributed by atoms with Crippen LogP contribution in [0.15, 0.2) is 0 Å². The van der Waals surface area contributed by atoms with Gasteiger partial charge in [-0.25, -0.2) is 0 Å². The highest BCUT2D eigenvalue weighted by molar-refractivity contribution is 6.18. The number of hydrogen-bond acceptors (Lipinski definition) is 2. The second-order valence-electron chi connectivity index (χ2n) is 4.90. The van der Waals surface area contributed by atoms with E-state index >= 15 is 0 Å². The number of hydrogen-bond donors (Lipinski definition) is 1. The van der Waals surface area contributed by atoms with Crippen LogP contribution in [0.2, 0.25) is 0 Å². The number of halogens is 3. The van der Waals surface area contributed by atoms with E-state index < -0.39 is 0 Å². The molecule has 1 aliphatic carbocycles. The van der Waals surface area contributed by atoms with Crippen LogP contribution in [0.1, 0.15) is 32.1 Å². The maximum Gasteiger partial charge on any atom is 0.0693 e. The first-order valence-electron chi connectivity index (χ1n) is 6.86. The Bertz CT molecular complexity index is 264. The summed E-state index contributed by atoms with van der Waals surface area (Å²) in [6.07, 6.45) is 6.46. The Kier molecular flexibility index (Phi) is 12.3. The molecule has 1 atom stereocenters. The SMILES string of the molecule is Cl.NC(C#CCN(CCCl)CCCl)C1CCCCC1. The number of nitrogens with zero attached hydrogens (tertiary/aromatic N) is 1. The number of nitrogens with two attached hydrogens (primary N) is 1. The molecule has 19 heavy (non-hydrogen) atoms. The summed E-state index contributed by atoms with van der Waals surface area (Å²) in [7, 11) is 0. The average molecular weight is 328 g/mol. The van der Waals surface area contributed by atoms with Crippen LogP contribution in [-0.2, 0) is 0 Å². The molecule has 0 aromatic rings. The predicted octanol–water partition coefficient (Wildman–Crippen LogP) is 3.10. The molecule has 0 heterocycles. The summed E-state index contributed by atoms with van der Waals surface area (Å²) in [5.74, 6) is 8.22. The average Bonchev–Trinajstić information content (AvgIpc) is 2.40. The Morgan fingerprint density at radius 2 is 1.68 bits per heavy atom. The summed E-state index contributed by atoms with van der Waals surface area (Å²) < 4.78 is 0. The molecule has 0 saturated heterocycles. The smallest absolute Gasteiger partial charge is 0.0693 e. The van der Waals surface area contributed by atoms with Crippen LogP contribution >= 0.6 is 35.6 Å². The van der Waals surface area contributed by atoms with Crippen molar-refractivity contribution in [3.05, 3.63) is 0 Å². The molecule has 2 nitrogen and oxygen atoms in total. The van der Waals surface area contributed by atoms with Crippen molar-refractivity contribution >= 4 is 35.6 Å². The van der Waals surface area contributed by atoms with Crippen molar-refractivity contribution in [2.75, 3.05) is 31.4 Å². The molecule has 1 fully saturated rings. The van der Waals surface area contributed by atoms with Gasteiger partial charge in [-0.1, -0.05) is 31.1 Å². The summed E-state index contributed by atoms with van der Waals surface area (Å²) >= 11 is 11.5. The van der Waals surface area contributed by atoms with Crippen LogP contribution in [0, 0.1) is 17.8 Å². The highest BCUT2D eigenvalue weighted by Gasteiger charge is 2.18. The minimum atomic E-state index is 0. The van der Waals surface area contributed by atoms with Crippen molar-refractivity contribution in [3.63, 3.8) is 0 Å². The van der Waals surface area contributed by atoms with Gasteiger partial charge in [-0.2, -0.15) is 0 Å². The first-order chi connectivity index (χ1) is 8.77. The number of alkyl halides is 2. The Morgan fingerprint density at radius 3 is 2.21 bits per heavy atom. The quantitative estimate of drug-likeness (QED) is 0.600. The van der Waals surface area contributed by atoms with Crippen molar-refractivity contribution in [1.82, 2.24) is 4.90 Å². The van der Waals surface area contributed by atoms with Gasteiger partial charge in [0.05, 0.1) is 12.6 Å². The lowest BCUT2D eigenvalue weighted by Crippen LogP contribution is -2.31. The van der Waals surface area contributed by atoms with Gasteiger partial charge < -0.3 is 5.73 Å². The lowest BCUT2D eigenvalue weighted by atomic mass is 9.84. The van der Waals surface area contributed by atoms with Crippen LogP contribution in [0.25, 0.3) is 0 Å². The van der Waals surface area contributed by atoms with Gasteiger partial charge in [-0.3, -0.25) is 4.90 Å². The van der Waals surface area contributed by atoms with Gasteiger partial charge in [0.2, 0.25) is 0 Å². The molecule has 112 valence electrons. The van der Waals surface area contributed by atoms with Crippen molar-refractivity contribution in [2.45, 2.75) is 38.1 Å². The molecule has 5 heteroatoms. The van der Waals surface area contributed by atoms with E-state index in [4.69, 9.17) is 28.9 Å². The molecule has 0 aromatic carbocycles. The van der Waals surface area contributed by atoms with E-state index in [9.17, 15) is 0 Å². The topological polar surface area (TPSA) is 29.3 Å². The van der Waals surface area contributed by atoms with Gasteiger partial charge in [0, 0.05) is 24.8 Å². The van der Waals surface area contributed by atoms with E-state index in [-0.39, 0.29) is 18.4 Å². The molecule has 0 amide bonds. The molecule has 2 N–H and O–H groups in total. The lowest BCUT2D eigenvalue weighted by molar-refractivity contribution is 0.335. The second-order valence-corrected chi connectivity index (χ2v) is 5.66. The molecular weight excluding hydrogens is 303 g/mol. The zero-order valence-electron chi connectivity index (χ0n) is 11.4. The van der Waals surface area contributed by atoms with Crippen LogP contribution in [0.3, 0.4) is 0 Å². The Hall–Kier alpha value is 0.350. The van der Waals surface area contributed by atoms with Crippen molar-refractivity contribution in [3.8, 4) is 11.8 Å². The van der Waals surface area contributed by atoms with E-state index in [0.29, 0.717) is 17.7 Å². The standard InChI is InChI=1S/C14H24Cl2N2.ClH/c15-8-11-18(12-9-16)10-4-7-14(17)13-5-2-1-3-6-13;/h13-14H,1-3,5-6,8-12,17H2;1H. The maximum absolute atomic E-state index is 6.14. The fourth-order valence-corrected chi connectivity index (χ4v) is 2.87. The second kappa shape index (κ2) is 12.1. The van der Waals surface area contributed by atoms with Crippen LogP contribution in [0.5, 0.6) is 0 Å². The highest BCUT2D eigenvalue weighted by atomic mass is 35.5. The highest BCUT2D eigenvalue weighted by Crippen LogP contribution is 2.25. The van der Waals surface area contributed by atoms with E-state index in [1.807, 2.05) is 0 Å². The Morgan fingerprint density at radius 1 is 1.11 bits per heavy atom. The monoisotopic (exact) mass is 326 g/mol. The largest absolute Gasteiger partial charge is 0.317 e. The third-order valence-corrected chi connectivity index (χ3v) is 3.87. The molecule has 0 bridgehead atoms. The van der Waals surface area contributed by atoms with Crippen molar-refractivity contribution in [1.29, 1.82) is 0 Å². The van der Waals surface area contributed by atoms with Gasteiger partial charge in [-0.05, 0) is 18.8 Å². The zero-order valence-corrected chi connectivity index (χ0v) is 13.7. The van der Waals surface area contributed by atoms with Gasteiger partial charge in [0.25, 0.3) is 0 Å². The maximum atomic E-state index is 6.14. The minimum Gasteiger partial charge on any atom is -0.317 e. The fraction of sp³-hybridized carbons (Fsp3) is 0.857. The summed E-state index contributed by atoms with van der Waals surface area (Å²) in [4.78, 5) is 2.17.